The van der Waals surface area contributed by atoms with Gasteiger partial charge < -0.3 is 15.0 Å². The van der Waals surface area contributed by atoms with E-state index in [0.717, 1.165) is 31.3 Å². The van der Waals surface area contributed by atoms with Crippen LogP contribution >= 0.6 is 11.6 Å². The monoisotopic (exact) mass is 594 g/mol. The van der Waals surface area contributed by atoms with Crippen molar-refractivity contribution in [3.05, 3.63) is 53.4 Å². The van der Waals surface area contributed by atoms with Gasteiger partial charge in [0.2, 0.25) is 0 Å². The number of halogens is 4. The fourth-order valence-electron chi connectivity index (χ4n) is 7.62. The third-order valence-corrected chi connectivity index (χ3v) is 9.76. The quantitative estimate of drug-likeness (QED) is 0.328. The fraction of sp³-hybridized carbons (Fsp3) is 0.452. The topological polar surface area (TPSA) is 66.4 Å². The normalized spacial score (nSPS) is 29.1. The summed E-state index contributed by atoms with van der Waals surface area (Å²) in [6.45, 7) is 1.84. The Hall–Kier alpha value is -3.21. The highest BCUT2D eigenvalue weighted by Gasteiger charge is 2.53. The zero-order chi connectivity index (χ0) is 28.6. The summed E-state index contributed by atoms with van der Waals surface area (Å²) < 4.78 is 51.5. The second-order valence-corrected chi connectivity index (χ2v) is 12.6. The maximum Gasteiger partial charge on any atom is 0.319 e. The lowest BCUT2D eigenvalue weighted by Crippen LogP contribution is -2.51. The van der Waals surface area contributed by atoms with E-state index in [9.17, 15) is 8.78 Å². The number of ether oxygens (including phenoxy) is 1. The predicted octanol–water partition coefficient (Wildman–Crippen LogP) is 5.48. The SMILES string of the molecule is Fc1c(-c2cccc3cccc(Cl)c23)ncc2c(N3CC4CCC(C3)N4)nc(OCC34CC(F)CN3CC(F)C4)nc12. The van der Waals surface area contributed by atoms with Gasteiger partial charge in [0.25, 0.3) is 0 Å². The van der Waals surface area contributed by atoms with E-state index in [1.807, 2.05) is 29.2 Å². The van der Waals surface area contributed by atoms with Gasteiger partial charge >= 0.3 is 6.01 Å². The molecule has 2 aromatic carbocycles. The summed E-state index contributed by atoms with van der Waals surface area (Å²) in [5, 5.41) is 6.19. The van der Waals surface area contributed by atoms with Gasteiger partial charge in [-0.3, -0.25) is 9.88 Å². The van der Waals surface area contributed by atoms with Crippen molar-refractivity contribution in [3.8, 4) is 17.3 Å². The van der Waals surface area contributed by atoms with Crippen LogP contribution in [0.2, 0.25) is 5.02 Å². The average molecular weight is 595 g/mol. The molecule has 0 amide bonds. The number of alkyl halides is 2. The van der Waals surface area contributed by atoms with Crippen LogP contribution in [0, 0.1) is 5.82 Å². The van der Waals surface area contributed by atoms with Crippen LogP contribution in [0.25, 0.3) is 32.9 Å². The highest BCUT2D eigenvalue weighted by atomic mass is 35.5. The number of anilines is 1. The molecule has 0 aliphatic carbocycles. The maximum atomic E-state index is 16.6. The minimum atomic E-state index is -1.04. The van der Waals surface area contributed by atoms with Crippen molar-refractivity contribution < 1.29 is 17.9 Å². The first-order valence-corrected chi connectivity index (χ1v) is 15.0. The number of fused-ring (bicyclic) bond motifs is 5. The van der Waals surface area contributed by atoms with E-state index in [1.165, 1.54) is 0 Å². The van der Waals surface area contributed by atoms with Crippen molar-refractivity contribution in [1.29, 1.82) is 0 Å². The molecule has 4 atom stereocenters. The van der Waals surface area contributed by atoms with Crippen LogP contribution in [0.1, 0.15) is 25.7 Å². The van der Waals surface area contributed by atoms with E-state index < -0.39 is 23.7 Å². The molecule has 1 N–H and O–H groups in total. The fourth-order valence-corrected chi connectivity index (χ4v) is 7.90. The van der Waals surface area contributed by atoms with Crippen LogP contribution in [0.3, 0.4) is 0 Å². The number of nitrogens with zero attached hydrogens (tertiary/aromatic N) is 5. The van der Waals surface area contributed by atoms with Gasteiger partial charge in [0.15, 0.2) is 5.82 Å². The van der Waals surface area contributed by atoms with Crippen molar-refractivity contribution in [3.63, 3.8) is 0 Å². The van der Waals surface area contributed by atoms with Gasteiger partial charge in [0, 0.05) is 73.3 Å². The summed E-state index contributed by atoms with van der Waals surface area (Å²) in [5.74, 6) is -0.0399. The van der Waals surface area contributed by atoms with Crippen molar-refractivity contribution in [1.82, 2.24) is 25.2 Å². The lowest BCUT2D eigenvalue weighted by molar-refractivity contribution is 0.107. The summed E-state index contributed by atoms with van der Waals surface area (Å²) in [6.07, 6.45) is 2.08. The summed E-state index contributed by atoms with van der Waals surface area (Å²) in [7, 11) is 0. The van der Waals surface area contributed by atoms with Crippen LogP contribution in [0.15, 0.2) is 42.6 Å². The average Bonchev–Trinajstić information content (AvgIpc) is 3.58. The van der Waals surface area contributed by atoms with Crippen molar-refractivity contribution in [2.24, 2.45) is 0 Å². The molecule has 42 heavy (non-hydrogen) atoms. The van der Waals surface area contributed by atoms with Gasteiger partial charge in [-0.15, -0.1) is 0 Å². The summed E-state index contributed by atoms with van der Waals surface area (Å²) in [5.41, 5.74) is 0.0327. The molecule has 4 aliphatic heterocycles. The third-order valence-electron chi connectivity index (χ3n) is 9.45. The van der Waals surface area contributed by atoms with Gasteiger partial charge in [0.1, 0.15) is 36.0 Å². The summed E-state index contributed by atoms with van der Waals surface area (Å²) in [6, 6.07) is 11.8. The molecule has 11 heteroatoms. The van der Waals surface area contributed by atoms with E-state index in [-0.39, 0.29) is 49.8 Å². The van der Waals surface area contributed by atoms with Crippen LogP contribution in [-0.4, -0.2) is 82.6 Å². The Morgan fingerprint density at radius 2 is 1.69 bits per heavy atom. The van der Waals surface area contributed by atoms with Crippen LogP contribution < -0.4 is 15.0 Å². The molecular weight excluding hydrogens is 565 g/mol. The molecule has 4 unspecified atom stereocenters. The molecule has 218 valence electrons. The van der Waals surface area contributed by atoms with Crippen molar-refractivity contribution >= 4 is 39.1 Å². The number of benzene rings is 2. The molecule has 2 bridgehead atoms. The van der Waals surface area contributed by atoms with Gasteiger partial charge in [0.05, 0.1) is 10.9 Å². The standard InChI is InChI=1S/C31H30ClF3N6O/c32-24-6-2-4-17-3-1-5-22(25(17)24)27-26(35)28-23(11-36-27)29(40-14-20-7-8-21(15-40)37-20)39-30(38-28)42-16-31-9-18(33)12-41(31)13-19(34)10-31/h1-6,11,18-21,37H,7-10,12-16H2. The number of pyridine rings is 1. The molecule has 4 fully saturated rings. The Morgan fingerprint density at radius 1 is 0.976 bits per heavy atom. The van der Waals surface area contributed by atoms with Gasteiger partial charge in [-0.25, -0.2) is 13.2 Å². The van der Waals surface area contributed by atoms with Gasteiger partial charge in [-0.2, -0.15) is 9.97 Å². The zero-order valence-corrected chi connectivity index (χ0v) is 23.6. The molecule has 0 spiro atoms. The van der Waals surface area contributed by atoms with Crippen molar-refractivity contribution in [2.75, 3.05) is 37.7 Å². The third kappa shape index (κ3) is 4.29. The zero-order valence-electron chi connectivity index (χ0n) is 22.9. The Bertz CT molecular complexity index is 1680. The lowest BCUT2D eigenvalue weighted by Gasteiger charge is -2.34. The maximum absolute atomic E-state index is 16.6. The molecule has 6 heterocycles. The Kier molecular flexibility index (Phi) is 6.24. The Morgan fingerprint density at radius 3 is 2.43 bits per heavy atom. The number of rotatable bonds is 5. The molecule has 4 saturated heterocycles. The van der Waals surface area contributed by atoms with E-state index >= 15 is 4.39 Å². The van der Waals surface area contributed by atoms with Gasteiger partial charge in [-0.05, 0) is 24.3 Å². The molecular formula is C31H30ClF3N6O. The second-order valence-electron chi connectivity index (χ2n) is 12.2. The van der Waals surface area contributed by atoms with Crippen LogP contribution in [0.4, 0.5) is 19.0 Å². The minimum Gasteiger partial charge on any atom is -0.461 e. The smallest absolute Gasteiger partial charge is 0.319 e. The molecule has 0 saturated carbocycles. The highest BCUT2D eigenvalue weighted by molar-refractivity contribution is 6.36. The predicted molar refractivity (Wildman–Crippen MR) is 156 cm³/mol. The Labute approximate surface area is 246 Å². The molecule has 4 aromatic rings. The molecule has 4 aliphatic rings. The number of hydrogen-bond acceptors (Lipinski definition) is 7. The van der Waals surface area contributed by atoms with Gasteiger partial charge in [-0.1, -0.05) is 41.9 Å². The van der Waals surface area contributed by atoms with E-state index in [0.29, 0.717) is 39.3 Å². The first-order valence-electron chi connectivity index (χ1n) is 14.6. The summed E-state index contributed by atoms with van der Waals surface area (Å²) >= 11 is 6.57. The largest absolute Gasteiger partial charge is 0.461 e. The first kappa shape index (κ1) is 26.4. The minimum absolute atomic E-state index is 0.00526. The van der Waals surface area contributed by atoms with Crippen LogP contribution in [0.5, 0.6) is 6.01 Å². The highest BCUT2D eigenvalue weighted by Crippen LogP contribution is 2.42. The lowest BCUT2D eigenvalue weighted by atomic mass is 9.94. The molecule has 8 rings (SSSR count). The van der Waals surface area contributed by atoms with E-state index in [1.54, 1.807) is 18.3 Å². The van der Waals surface area contributed by atoms with Crippen molar-refractivity contribution in [2.45, 2.75) is 55.6 Å². The molecule has 7 nitrogen and oxygen atoms in total. The first-order chi connectivity index (χ1) is 20.4. The van der Waals surface area contributed by atoms with E-state index in [4.69, 9.17) is 21.3 Å². The molecule has 2 aromatic heterocycles. The number of nitrogens with one attached hydrogen (secondary N) is 1. The number of hydrogen-bond donors (Lipinski definition) is 1. The number of aromatic nitrogens is 3. The molecule has 0 radical (unpaired) electrons. The summed E-state index contributed by atoms with van der Waals surface area (Å²) in [4.78, 5) is 17.9. The Balaban J connectivity index is 1.24. The van der Waals surface area contributed by atoms with Crippen LogP contribution in [-0.2, 0) is 0 Å². The second kappa shape index (κ2) is 9.92. The number of piperazine rings is 1. The van der Waals surface area contributed by atoms with E-state index in [2.05, 4.69) is 20.2 Å².